The van der Waals surface area contributed by atoms with Crippen molar-refractivity contribution in [3.63, 3.8) is 0 Å². The molecule has 0 radical (unpaired) electrons. The standard InChI is InChI=1S/C10H17N2O/c1-9(2)11-7-6-10-5-3-4-8-12(10)13/h3-5,8-9,11,13H,6-7H2,1-2H3/q+1. The zero-order valence-electron chi connectivity index (χ0n) is 8.20. The predicted molar refractivity (Wildman–Crippen MR) is 50.7 cm³/mol. The first-order valence-electron chi connectivity index (χ1n) is 4.62. The van der Waals surface area contributed by atoms with Crippen LogP contribution in [0.1, 0.15) is 19.5 Å². The summed E-state index contributed by atoms with van der Waals surface area (Å²) < 4.78 is 1.17. The highest BCUT2D eigenvalue weighted by molar-refractivity contribution is 4.97. The van der Waals surface area contributed by atoms with Gasteiger partial charge >= 0.3 is 0 Å². The van der Waals surface area contributed by atoms with Gasteiger partial charge in [0, 0.05) is 35.9 Å². The number of hydrogen-bond acceptors (Lipinski definition) is 2. The lowest BCUT2D eigenvalue weighted by atomic mass is 10.2. The minimum absolute atomic E-state index is 0.496. The molecule has 0 bridgehead atoms. The summed E-state index contributed by atoms with van der Waals surface area (Å²) in [6, 6.07) is 6.15. The summed E-state index contributed by atoms with van der Waals surface area (Å²) in [7, 11) is 0. The van der Waals surface area contributed by atoms with Crippen LogP contribution in [0.5, 0.6) is 0 Å². The molecule has 1 heterocycles. The second kappa shape index (κ2) is 4.82. The quantitative estimate of drug-likeness (QED) is 0.531. The summed E-state index contributed by atoms with van der Waals surface area (Å²) in [5.41, 5.74) is 0.927. The second-order valence-corrected chi connectivity index (χ2v) is 3.40. The topological polar surface area (TPSA) is 36.1 Å². The predicted octanol–water partition coefficient (Wildman–Crippen LogP) is 0.752. The van der Waals surface area contributed by atoms with E-state index in [2.05, 4.69) is 19.2 Å². The normalized spacial score (nSPS) is 10.7. The lowest BCUT2D eigenvalue weighted by molar-refractivity contribution is -0.909. The van der Waals surface area contributed by atoms with Crippen LogP contribution < -0.4 is 10.0 Å². The molecule has 0 aliphatic carbocycles. The Bertz CT molecular complexity index is 261. The summed E-state index contributed by atoms with van der Waals surface area (Å²) in [4.78, 5) is 0. The molecule has 0 amide bonds. The third kappa shape index (κ3) is 3.42. The number of rotatable bonds is 4. The Morgan fingerprint density at radius 3 is 2.85 bits per heavy atom. The van der Waals surface area contributed by atoms with Gasteiger partial charge in [-0.05, 0) is 6.07 Å². The second-order valence-electron chi connectivity index (χ2n) is 3.40. The molecule has 0 spiro atoms. The van der Waals surface area contributed by atoms with Gasteiger partial charge in [-0.1, -0.05) is 13.8 Å². The number of nitrogens with one attached hydrogen (secondary N) is 1. The van der Waals surface area contributed by atoms with Crippen molar-refractivity contribution < 1.29 is 9.94 Å². The molecule has 0 aromatic carbocycles. The summed E-state index contributed by atoms with van der Waals surface area (Å²) in [5.74, 6) is 0. The molecule has 0 saturated carbocycles. The van der Waals surface area contributed by atoms with Crippen molar-refractivity contribution in [3.8, 4) is 0 Å². The average Bonchev–Trinajstić information content (AvgIpc) is 2.08. The van der Waals surface area contributed by atoms with Crippen molar-refractivity contribution >= 4 is 0 Å². The van der Waals surface area contributed by atoms with E-state index in [0.717, 1.165) is 18.7 Å². The van der Waals surface area contributed by atoms with Gasteiger partial charge in [0.25, 0.3) is 0 Å². The molecule has 1 aromatic rings. The first kappa shape index (κ1) is 9.99. The van der Waals surface area contributed by atoms with Crippen LogP contribution in [-0.2, 0) is 6.42 Å². The average molecular weight is 181 g/mol. The molecule has 72 valence electrons. The minimum Gasteiger partial charge on any atom is -0.314 e. The van der Waals surface area contributed by atoms with Crippen LogP contribution in [0.3, 0.4) is 0 Å². The number of hydrogen-bond donors (Lipinski definition) is 2. The van der Waals surface area contributed by atoms with E-state index in [0.29, 0.717) is 6.04 Å². The Balaban J connectivity index is 2.41. The zero-order chi connectivity index (χ0) is 9.68. The van der Waals surface area contributed by atoms with Gasteiger partial charge in [-0.15, -0.1) is 0 Å². The van der Waals surface area contributed by atoms with E-state index in [-0.39, 0.29) is 0 Å². The zero-order valence-corrected chi connectivity index (χ0v) is 8.20. The lowest BCUT2D eigenvalue weighted by Gasteiger charge is -2.05. The maximum absolute atomic E-state index is 9.36. The van der Waals surface area contributed by atoms with Crippen molar-refractivity contribution in [2.24, 2.45) is 0 Å². The molecule has 1 rings (SSSR count). The number of pyridine rings is 1. The van der Waals surface area contributed by atoms with E-state index in [1.165, 1.54) is 4.73 Å². The Morgan fingerprint density at radius 1 is 1.46 bits per heavy atom. The SMILES string of the molecule is CC(C)NCCc1cccc[n+]1O. The molecule has 3 nitrogen and oxygen atoms in total. The fourth-order valence-corrected chi connectivity index (χ4v) is 1.16. The van der Waals surface area contributed by atoms with Crippen LogP contribution >= 0.6 is 0 Å². The molecule has 2 N–H and O–H groups in total. The van der Waals surface area contributed by atoms with Crippen molar-refractivity contribution in [3.05, 3.63) is 30.1 Å². The maximum Gasteiger partial charge on any atom is 0.235 e. The van der Waals surface area contributed by atoms with Gasteiger partial charge < -0.3 is 5.32 Å². The Hall–Kier alpha value is -1.09. The Labute approximate surface area is 79.0 Å². The van der Waals surface area contributed by atoms with E-state index < -0.39 is 0 Å². The van der Waals surface area contributed by atoms with Gasteiger partial charge in [0.2, 0.25) is 11.9 Å². The van der Waals surface area contributed by atoms with Crippen LogP contribution in [0.15, 0.2) is 24.4 Å². The smallest absolute Gasteiger partial charge is 0.235 e. The van der Waals surface area contributed by atoms with E-state index in [9.17, 15) is 5.21 Å². The molecule has 0 unspecified atom stereocenters. The highest BCUT2D eigenvalue weighted by Gasteiger charge is 2.06. The van der Waals surface area contributed by atoms with Crippen molar-refractivity contribution in [1.29, 1.82) is 0 Å². The molecule has 13 heavy (non-hydrogen) atoms. The molecule has 3 heteroatoms. The Morgan fingerprint density at radius 2 is 2.23 bits per heavy atom. The van der Waals surface area contributed by atoms with E-state index in [1.54, 1.807) is 12.3 Å². The van der Waals surface area contributed by atoms with Gasteiger partial charge in [0.05, 0.1) is 0 Å². The molecule has 0 aliphatic heterocycles. The molecular formula is C10H17N2O+. The van der Waals surface area contributed by atoms with Crippen molar-refractivity contribution in [1.82, 2.24) is 5.32 Å². The van der Waals surface area contributed by atoms with E-state index >= 15 is 0 Å². The number of nitrogens with zero attached hydrogens (tertiary/aromatic N) is 1. The number of aromatic nitrogens is 1. The van der Waals surface area contributed by atoms with Gasteiger partial charge in [-0.25, -0.2) is 0 Å². The largest absolute Gasteiger partial charge is 0.314 e. The van der Waals surface area contributed by atoms with E-state index in [4.69, 9.17) is 0 Å². The van der Waals surface area contributed by atoms with Crippen LogP contribution in [0, 0.1) is 0 Å². The summed E-state index contributed by atoms with van der Waals surface area (Å²) >= 11 is 0. The molecule has 0 saturated heterocycles. The van der Waals surface area contributed by atoms with Gasteiger partial charge in [0.1, 0.15) is 0 Å². The minimum atomic E-state index is 0.496. The van der Waals surface area contributed by atoms with E-state index in [1.807, 2.05) is 12.1 Å². The fraction of sp³-hybridized carbons (Fsp3) is 0.500. The molecule has 0 aliphatic rings. The van der Waals surface area contributed by atoms with Gasteiger partial charge in [-0.2, -0.15) is 0 Å². The van der Waals surface area contributed by atoms with Crippen molar-refractivity contribution in [2.45, 2.75) is 26.3 Å². The van der Waals surface area contributed by atoms with Crippen LogP contribution in [0.4, 0.5) is 0 Å². The fourth-order valence-electron chi connectivity index (χ4n) is 1.16. The van der Waals surface area contributed by atoms with Gasteiger partial charge in [-0.3, -0.25) is 5.21 Å². The monoisotopic (exact) mass is 181 g/mol. The highest BCUT2D eigenvalue weighted by Crippen LogP contribution is 1.91. The Kier molecular flexibility index (Phi) is 3.71. The molecular weight excluding hydrogens is 164 g/mol. The summed E-state index contributed by atoms with van der Waals surface area (Å²) in [6.07, 6.45) is 2.49. The molecule has 1 aromatic heterocycles. The van der Waals surface area contributed by atoms with Gasteiger partial charge in [0.15, 0.2) is 0 Å². The molecule has 0 atom stereocenters. The summed E-state index contributed by atoms with van der Waals surface area (Å²) in [5, 5.41) is 12.7. The first-order valence-corrected chi connectivity index (χ1v) is 4.62. The van der Waals surface area contributed by atoms with Crippen LogP contribution in [0.25, 0.3) is 0 Å². The third-order valence-electron chi connectivity index (χ3n) is 1.85. The van der Waals surface area contributed by atoms with Crippen LogP contribution in [0.2, 0.25) is 0 Å². The lowest BCUT2D eigenvalue weighted by Crippen LogP contribution is -2.36. The molecule has 0 fully saturated rings. The summed E-state index contributed by atoms with van der Waals surface area (Å²) in [6.45, 7) is 5.11. The highest BCUT2D eigenvalue weighted by atomic mass is 16.5. The third-order valence-corrected chi connectivity index (χ3v) is 1.85. The first-order chi connectivity index (χ1) is 6.20. The van der Waals surface area contributed by atoms with Crippen molar-refractivity contribution in [2.75, 3.05) is 6.54 Å². The van der Waals surface area contributed by atoms with Crippen LogP contribution in [-0.4, -0.2) is 17.8 Å². The maximum atomic E-state index is 9.36.